The molecule has 0 aliphatic rings. The van der Waals surface area contributed by atoms with Crippen LogP contribution in [-0.2, 0) is 10.0 Å². The van der Waals surface area contributed by atoms with Crippen molar-refractivity contribution >= 4 is 49.1 Å². The summed E-state index contributed by atoms with van der Waals surface area (Å²) in [7, 11) is -4.40. The Morgan fingerprint density at radius 1 is 0.806 bits per heavy atom. The van der Waals surface area contributed by atoms with Crippen LogP contribution in [0.4, 0.5) is 11.4 Å². The van der Waals surface area contributed by atoms with Gasteiger partial charge in [-0.05, 0) is 43.3 Å². The van der Waals surface area contributed by atoms with Gasteiger partial charge < -0.3 is 0 Å². The lowest BCUT2D eigenvalue weighted by molar-refractivity contribution is -0.384. The number of hydrogen-bond acceptors (Lipinski definition) is 6. The second-order valence-corrected chi connectivity index (χ2v) is 9.97. The minimum absolute atomic E-state index is 0.0175. The number of anilines is 1. The van der Waals surface area contributed by atoms with Gasteiger partial charge in [0.25, 0.3) is 21.6 Å². The molecule has 0 unspecified atom stereocenters. The summed E-state index contributed by atoms with van der Waals surface area (Å²) in [6.45, 7) is 1.82. The van der Waals surface area contributed by atoms with Gasteiger partial charge in [0.2, 0.25) is 0 Å². The van der Waals surface area contributed by atoms with Gasteiger partial charge in [0.15, 0.2) is 0 Å². The van der Waals surface area contributed by atoms with Crippen molar-refractivity contribution < 1.29 is 18.1 Å². The Bertz CT molecular complexity index is 1700. The maximum atomic E-state index is 14.3. The Morgan fingerprint density at radius 2 is 1.33 bits per heavy atom. The summed E-state index contributed by atoms with van der Waals surface area (Å²) in [5.41, 5.74) is 1.86. The Morgan fingerprint density at radius 3 is 1.86 bits per heavy atom. The summed E-state index contributed by atoms with van der Waals surface area (Å²) in [5, 5.41) is 12.2. The van der Waals surface area contributed by atoms with Crippen LogP contribution in [0.25, 0.3) is 21.8 Å². The highest BCUT2D eigenvalue weighted by Crippen LogP contribution is 2.33. The average Bonchev–Trinajstić information content (AvgIpc) is 2.87. The Hall–Kier alpha value is -4.63. The van der Waals surface area contributed by atoms with Crippen molar-refractivity contribution in [2.75, 3.05) is 4.31 Å². The van der Waals surface area contributed by atoms with Gasteiger partial charge in [-0.15, -0.1) is 0 Å². The van der Waals surface area contributed by atoms with Crippen molar-refractivity contribution in [3.05, 3.63) is 118 Å². The summed E-state index contributed by atoms with van der Waals surface area (Å²) in [5.74, 6) is -0.792. The molecule has 5 rings (SSSR count). The SMILES string of the molecule is Cc1ccc(S(=O)(=O)N(C(=O)c2c3ccccc3nc3ccccc23)c2ccc([N+](=O)[O-])cc2)cc1. The number of pyridine rings is 1. The third-order valence-electron chi connectivity index (χ3n) is 5.84. The van der Waals surface area contributed by atoms with Crippen molar-refractivity contribution in [1.29, 1.82) is 0 Å². The largest absolute Gasteiger partial charge is 0.273 e. The van der Waals surface area contributed by atoms with Gasteiger partial charge in [-0.25, -0.2) is 13.4 Å². The van der Waals surface area contributed by atoms with Crippen LogP contribution in [-0.4, -0.2) is 24.2 Å². The van der Waals surface area contributed by atoms with Gasteiger partial charge in [0.1, 0.15) is 0 Å². The van der Waals surface area contributed by atoms with Gasteiger partial charge in [0.05, 0.1) is 32.1 Å². The molecule has 1 amide bonds. The monoisotopic (exact) mass is 497 g/mol. The molecule has 0 N–H and O–H groups in total. The summed E-state index contributed by atoms with van der Waals surface area (Å²) in [6.07, 6.45) is 0. The molecule has 0 atom stereocenters. The molecular weight excluding hydrogens is 478 g/mol. The van der Waals surface area contributed by atoms with Crippen LogP contribution in [0.3, 0.4) is 0 Å². The molecule has 0 radical (unpaired) electrons. The second-order valence-electron chi connectivity index (χ2n) is 8.18. The Kier molecular flexibility index (Phi) is 5.69. The first-order valence-electron chi connectivity index (χ1n) is 11.0. The van der Waals surface area contributed by atoms with E-state index >= 15 is 0 Å². The smallest absolute Gasteiger partial charge is 0.268 e. The molecule has 36 heavy (non-hydrogen) atoms. The molecule has 0 spiro atoms. The molecule has 1 aromatic heterocycles. The zero-order valence-corrected chi connectivity index (χ0v) is 19.8. The first kappa shape index (κ1) is 23.1. The number of aromatic nitrogens is 1. The lowest BCUT2D eigenvalue weighted by atomic mass is 10.0. The normalized spacial score (nSPS) is 11.5. The van der Waals surface area contributed by atoms with Crippen LogP contribution in [0.15, 0.2) is 102 Å². The number of nitro groups is 1. The number of benzene rings is 4. The molecule has 0 aliphatic carbocycles. The van der Waals surface area contributed by atoms with Crippen LogP contribution >= 0.6 is 0 Å². The van der Waals surface area contributed by atoms with E-state index in [2.05, 4.69) is 4.98 Å². The van der Waals surface area contributed by atoms with Crippen molar-refractivity contribution in [3.8, 4) is 0 Å². The molecule has 178 valence electrons. The molecule has 4 aromatic carbocycles. The van der Waals surface area contributed by atoms with Crippen molar-refractivity contribution in [2.45, 2.75) is 11.8 Å². The number of carbonyl (C=O) groups is 1. The molecule has 0 saturated carbocycles. The molecular formula is C27H19N3O5S. The Labute approximate surface area is 206 Å². The number of rotatable bonds is 5. The number of nitrogens with zero attached hydrogens (tertiary/aromatic N) is 3. The number of sulfonamides is 1. The highest BCUT2D eigenvalue weighted by Gasteiger charge is 2.34. The van der Waals surface area contributed by atoms with Crippen LogP contribution < -0.4 is 4.31 Å². The maximum absolute atomic E-state index is 14.3. The lowest BCUT2D eigenvalue weighted by Crippen LogP contribution is -2.37. The van der Waals surface area contributed by atoms with E-state index < -0.39 is 20.9 Å². The van der Waals surface area contributed by atoms with Gasteiger partial charge in [-0.3, -0.25) is 14.9 Å². The summed E-state index contributed by atoms with van der Waals surface area (Å²) in [4.78, 5) is 29.4. The van der Waals surface area contributed by atoms with E-state index in [-0.39, 0.29) is 21.8 Å². The highest BCUT2D eigenvalue weighted by atomic mass is 32.2. The highest BCUT2D eigenvalue weighted by molar-refractivity contribution is 7.93. The summed E-state index contributed by atoms with van der Waals surface area (Å²) < 4.78 is 28.5. The van der Waals surface area contributed by atoms with Crippen LogP contribution in [0.5, 0.6) is 0 Å². The number of amides is 1. The molecule has 0 fully saturated rings. The predicted octanol–water partition coefficient (Wildman–Crippen LogP) is 5.64. The van der Waals surface area contributed by atoms with E-state index in [1.807, 2.05) is 6.92 Å². The first-order chi connectivity index (χ1) is 17.3. The van der Waals surface area contributed by atoms with E-state index in [1.165, 1.54) is 36.4 Å². The molecule has 0 aliphatic heterocycles. The fourth-order valence-corrected chi connectivity index (χ4v) is 5.46. The minimum atomic E-state index is -4.40. The first-order valence-corrected chi connectivity index (χ1v) is 12.4. The number of nitro benzene ring substituents is 1. The summed E-state index contributed by atoms with van der Waals surface area (Å²) in [6, 6.07) is 25.0. The number of hydrogen-bond donors (Lipinski definition) is 0. The molecule has 0 bridgehead atoms. The maximum Gasteiger partial charge on any atom is 0.273 e. The quantitative estimate of drug-likeness (QED) is 0.177. The molecule has 8 nitrogen and oxygen atoms in total. The average molecular weight is 498 g/mol. The number of non-ortho nitro benzene ring substituents is 1. The minimum Gasteiger partial charge on any atom is -0.268 e. The fraction of sp³-hybridized carbons (Fsp3) is 0.0370. The fourth-order valence-electron chi connectivity index (χ4n) is 4.06. The zero-order chi connectivity index (χ0) is 25.4. The van der Waals surface area contributed by atoms with E-state index in [1.54, 1.807) is 60.7 Å². The summed E-state index contributed by atoms with van der Waals surface area (Å²) >= 11 is 0. The molecule has 5 aromatic rings. The predicted molar refractivity (Wildman–Crippen MR) is 138 cm³/mol. The van der Waals surface area contributed by atoms with Gasteiger partial charge >= 0.3 is 0 Å². The van der Waals surface area contributed by atoms with Gasteiger partial charge in [-0.2, -0.15) is 4.31 Å². The zero-order valence-electron chi connectivity index (χ0n) is 19.0. The molecule has 9 heteroatoms. The van der Waals surface area contributed by atoms with Gasteiger partial charge in [-0.1, -0.05) is 54.1 Å². The van der Waals surface area contributed by atoms with E-state index in [4.69, 9.17) is 0 Å². The number of fused-ring (bicyclic) bond motifs is 2. The van der Waals surface area contributed by atoms with E-state index in [0.29, 0.717) is 26.1 Å². The van der Waals surface area contributed by atoms with E-state index in [0.717, 1.165) is 5.56 Å². The van der Waals surface area contributed by atoms with E-state index in [9.17, 15) is 23.3 Å². The number of carbonyl (C=O) groups excluding carboxylic acids is 1. The lowest BCUT2D eigenvalue weighted by Gasteiger charge is -2.24. The van der Waals surface area contributed by atoms with Crippen LogP contribution in [0.1, 0.15) is 15.9 Å². The number of para-hydroxylation sites is 2. The van der Waals surface area contributed by atoms with Crippen molar-refractivity contribution in [3.63, 3.8) is 0 Å². The topological polar surface area (TPSA) is 110 Å². The van der Waals surface area contributed by atoms with Crippen LogP contribution in [0.2, 0.25) is 0 Å². The molecule has 0 saturated heterocycles. The standard InChI is InChI=1S/C27H19N3O5S/c1-18-10-16-21(17-11-18)36(34,35)29(19-12-14-20(15-13-19)30(32)33)27(31)26-22-6-2-4-8-24(22)28-25-9-5-3-7-23(25)26/h2-17H,1H3. The van der Waals surface area contributed by atoms with Crippen molar-refractivity contribution in [2.24, 2.45) is 0 Å². The van der Waals surface area contributed by atoms with Crippen LogP contribution in [0, 0.1) is 17.0 Å². The van der Waals surface area contributed by atoms with Gasteiger partial charge in [0, 0.05) is 22.9 Å². The number of aryl methyl sites for hydroxylation is 1. The second kappa shape index (κ2) is 8.86. The Balaban J connectivity index is 1.79. The third kappa shape index (κ3) is 3.95. The molecule has 1 heterocycles. The van der Waals surface area contributed by atoms with Crippen molar-refractivity contribution in [1.82, 2.24) is 4.98 Å². The third-order valence-corrected chi connectivity index (χ3v) is 7.57.